The monoisotopic (exact) mass is 378 g/mol. The van der Waals surface area contributed by atoms with Crippen LogP contribution in [0.3, 0.4) is 0 Å². The number of amides is 1. The number of furan rings is 1. The molecule has 1 aromatic carbocycles. The second-order valence-corrected chi connectivity index (χ2v) is 6.72. The fourth-order valence-corrected chi connectivity index (χ4v) is 3.36. The number of nitrogens with one attached hydrogen (secondary N) is 1. The standard InChI is InChI=1S/C22H22N2O4/c1-27-22(26)19-10-6-5-9-18(19)20-12-11-17(28-20)13-15(14-23)21(25)24-16-7-3-2-4-8-16/h5-6,9-13,16H,2-4,7-8H2,1H3,(H,24,25)/b15-13+. The maximum atomic E-state index is 12.4. The summed E-state index contributed by atoms with van der Waals surface area (Å²) in [4.78, 5) is 24.3. The van der Waals surface area contributed by atoms with Crippen LogP contribution in [0, 0.1) is 11.3 Å². The largest absolute Gasteiger partial charge is 0.465 e. The van der Waals surface area contributed by atoms with Gasteiger partial charge in [0.1, 0.15) is 23.2 Å². The van der Waals surface area contributed by atoms with E-state index in [0.29, 0.717) is 22.6 Å². The molecule has 1 heterocycles. The molecule has 0 unspecified atom stereocenters. The summed E-state index contributed by atoms with van der Waals surface area (Å²) in [6.45, 7) is 0. The van der Waals surface area contributed by atoms with Crippen LogP contribution in [-0.2, 0) is 9.53 Å². The van der Waals surface area contributed by atoms with Crippen LogP contribution in [0.2, 0.25) is 0 Å². The van der Waals surface area contributed by atoms with Gasteiger partial charge in [0.2, 0.25) is 0 Å². The molecule has 1 saturated carbocycles. The smallest absolute Gasteiger partial charge is 0.338 e. The molecule has 1 N–H and O–H groups in total. The number of carbonyl (C=O) groups excluding carboxylic acids is 2. The quantitative estimate of drug-likeness (QED) is 0.481. The van der Waals surface area contributed by atoms with E-state index in [1.165, 1.54) is 19.6 Å². The Kier molecular flexibility index (Phi) is 6.28. The van der Waals surface area contributed by atoms with Gasteiger partial charge in [-0.25, -0.2) is 4.79 Å². The number of benzene rings is 1. The summed E-state index contributed by atoms with van der Waals surface area (Å²) < 4.78 is 10.6. The highest BCUT2D eigenvalue weighted by atomic mass is 16.5. The van der Waals surface area contributed by atoms with Crippen LogP contribution < -0.4 is 5.32 Å². The SMILES string of the molecule is COC(=O)c1ccccc1-c1ccc(/C=C(\C#N)C(=O)NC2CCCCC2)o1. The molecule has 28 heavy (non-hydrogen) atoms. The van der Waals surface area contributed by atoms with E-state index in [1.54, 1.807) is 36.4 Å². The Morgan fingerprint density at radius 3 is 2.64 bits per heavy atom. The lowest BCUT2D eigenvalue weighted by atomic mass is 9.95. The van der Waals surface area contributed by atoms with Gasteiger partial charge in [-0.2, -0.15) is 5.26 Å². The predicted octanol–water partition coefficient (Wildman–Crippen LogP) is 4.09. The summed E-state index contributed by atoms with van der Waals surface area (Å²) in [6, 6.07) is 12.4. The third-order valence-corrected chi connectivity index (χ3v) is 4.82. The van der Waals surface area contributed by atoms with Crippen LogP contribution in [0.4, 0.5) is 0 Å². The molecule has 2 aromatic rings. The topological polar surface area (TPSA) is 92.3 Å². The molecular weight excluding hydrogens is 356 g/mol. The van der Waals surface area contributed by atoms with Crippen LogP contribution >= 0.6 is 0 Å². The van der Waals surface area contributed by atoms with E-state index in [9.17, 15) is 14.9 Å². The second kappa shape index (κ2) is 9.05. The van der Waals surface area contributed by atoms with Gasteiger partial charge in [0, 0.05) is 17.7 Å². The molecule has 0 radical (unpaired) electrons. The first-order valence-electron chi connectivity index (χ1n) is 9.32. The highest BCUT2D eigenvalue weighted by molar-refractivity contribution is 6.01. The molecule has 1 aromatic heterocycles. The summed E-state index contributed by atoms with van der Waals surface area (Å²) in [7, 11) is 1.32. The average Bonchev–Trinajstić information content (AvgIpc) is 3.20. The number of ether oxygens (including phenoxy) is 1. The highest BCUT2D eigenvalue weighted by Gasteiger charge is 2.19. The van der Waals surface area contributed by atoms with Crippen molar-refractivity contribution in [3.05, 3.63) is 53.3 Å². The molecule has 1 aliphatic carbocycles. The van der Waals surface area contributed by atoms with Gasteiger partial charge in [-0.15, -0.1) is 0 Å². The van der Waals surface area contributed by atoms with Gasteiger partial charge in [0.25, 0.3) is 5.91 Å². The van der Waals surface area contributed by atoms with Crippen LogP contribution in [0.25, 0.3) is 17.4 Å². The Bertz CT molecular complexity index is 930. The molecule has 144 valence electrons. The molecule has 0 spiro atoms. The number of nitriles is 1. The van der Waals surface area contributed by atoms with E-state index in [2.05, 4.69) is 5.32 Å². The minimum Gasteiger partial charge on any atom is -0.465 e. The Balaban J connectivity index is 1.80. The molecule has 1 aliphatic rings. The summed E-state index contributed by atoms with van der Waals surface area (Å²) in [5, 5.41) is 12.3. The number of methoxy groups -OCH3 is 1. The zero-order chi connectivity index (χ0) is 19.9. The first-order valence-corrected chi connectivity index (χ1v) is 9.32. The van der Waals surface area contributed by atoms with Crippen molar-refractivity contribution in [3.8, 4) is 17.4 Å². The Morgan fingerprint density at radius 1 is 1.18 bits per heavy atom. The maximum Gasteiger partial charge on any atom is 0.338 e. The van der Waals surface area contributed by atoms with Gasteiger partial charge in [0.15, 0.2) is 0 Å². The lowest BCUT2D eigenvalue weighted by Crippen LogP contribution is -2.36. The summed E-state index contributed by atoms with van der Waals surface area (Å²) in [5.74, 6) is -0.0294. The number of hydrogen-bond acceptors (Lipinski definition) is 5. The third-order valence-electron chi connectivity index (χ3n) is 4.82. The molecular formula is C22H22N2O4. The first kappa shape index (κ1) is 19.4. The van der Waals surface area contributed by atoms with Crippen molar-refractivity contribution in [2.75, 3.05) is 7.11 Å². The molecule has 6 heteroatoms. The number of nitrogens with zero attached hydrogens (tertiary/aromatic N) is 1. The molecule has 0 saturated heterocycles. The zero-order valence-electron chi connectivity index (χ0n) is 15.7. The fraction of sp³-hybridized carbons (Fsp3) is 0.318. The van der Waals surface area contributed by atoms with E-state index in [-0.39, 0.29) is 17.5 Å². The molecule has 0 bridgehead atoms. The number of hydrogen-bond donors (Lipinski definition) is 1. The van der Waals surface area contributed by atoms with Crippen molar-refractivity contribution < 1.29 is 18.7 Å². The van der Waals surface area contributed by atoms with Crippen molar-refractivity contribution in [2.45, 2.75) is 38.1 Å². The highest BCUT2D eigenvalue weighted by Crippen LogP contribution is 2.27. The molecule has 3 rings (SSSR count). The number of esters is 1. The van der Waals surface area contributed by atoms with E-state index >= 15 is 0 Å². The predicted molar refractivity (Wildman–Crippen MR) is 104 cm³/mol. The lowest BCUT2D eigenvalue weighted by molar-refractivity contribution is -0.117. The van der Waals surface area contributed by atoms with Crippen molar-refractivity contribution in [1.29, 1.82) is 5.26 Å². The first-order chi connectivity index (χ1) is 13.6. The number of carbonyl (C=O) groups is 2. The summed E-state index contributed by atoms with van der Waals surface area (Å²) >= 11 is 0. The van der Waals surface area contributed by atoms with Gasteiger partial charge >= 0.3 is 5.97 Å². The fourth-order valence-electron chi connectivity index (χ4n) is 3.36. The van der Waals surface area contributed by atoms with Gasteiger partial charge in [0.05, 0.1) is 12.7 Å². The molecule has 1 fully saturated rings. The van der Waals surface area contributed by atoms with Crippen molar-refractivity contribution in [1.82, 2.24) is 5.32 Å². The molecule has 6 nitrogen and oxygen atoms in total. The zero-order valence-corrected chi connectivity index (χ0v) is 15.7. The van der Waals surface area contributed by atoms with Crippen LogP contribution in [0.5, 0.6) is 0 Å². The van der Waals surface area contributed by atoms with Gasteiger partial charge < -0.3 is 14.5 Å². The Morgan fingerprint density at radius 2 is 1.93 bits per heavy atom. The van der Waals surface area contributed by atoms with Crippen LogP contribution in [0.15, 0.2) is 46.4 Å². The average molecular weight is 378 g/mol. The van der Waals surface area contributed by atoms with E-state index in [4.69, 9.17) is 9.15 Å². The van der Waals surface area contributed by atoms with Crippen molar-refractivity contribution in [2.24, 2.45) is 0 Å². The van der Waals surface area contributed by atoms with E-state index < -0.39 is 5.97 Å². The molecule has 1 amide bonds. The third kappa shape index (κ3) is 4.49. The second-order valence-electron chi connectivity index (χ2n) is 6.72. The van der Waals surface area contributed by atoms with Crippen molar-refractivity contribution >= 4 is 18.0 Å². The number of rotatable bonds is 5. The van der Waals surface area contributed by atoms with E-state index in [0.717, 1.165) is 25.7 Å². The summed E-state index contributed by atoms with van der Waals surface area (Å²) in [6.07, 6.45) is 6.69. The lowest BCUT2D eigenvalue weighted by Gasteiger charge is -2.22. The Hall–Kier alpha value is -3.33. The van der Waals surface area contributed by atoms with Crippen molar-refractivity contribution in [3.63, 3.8) is 0 Å². The van der Waals surface area contributed by atoms with Crippen LogP contribution in [-0.4, -0.2) is 25.0 Å². The maximum absolute atomic E-state index is 12.4. The van der Waals surface area contributed by atoms with Gasteiger partial charge in [-0.05, 0) is 31.0 Å². The van der Waals surface area contributed by atoms with Gasteiger partial charge in [-0.3, -0.25) is 4.79 Å². The van der Waals surface area contributed by atoms with E-state index in [1.807, 2.05) is 6.07 Å². The Labute approximate surface area is 163 Å². The minimum absolute atomic E-state index is 0.00673. The minimum atomic E-state index is -0.464. The molecule has 0 aliphatic heterocycles. The molecule has 0 atom stereocenters. The van der Waals surface area contributed by atoms with Gasteiger partial charge in [-0.1, -0.05) is 37.5 Å². The van der Waals surface area contributed by atoms with Crippen LogP contribution in [0.1, 0.15) is 48.2 Å². The normalized spacial score (nSPS) is 14.9. The summed E-state index contributed by atoms with van der Waals surface area (Å²) in [5.41, 5.74) is 0.956.